The average Bonchev–Trinajstić information content (AvgIpc) is 3.06. The topological polar surface area (TPSA) is 75.6 Å². The molecule has 7 heteroatoms. The van der Waals surface area contributed by atoms with E-state index in [1.165, 1.54) is 4.88 Å². The van der Waals surface area contributed by atoms with Gasteiger partial charge in [-0.1, -0.05) is 6.07 Å². The summed E-state index contributed by atoms with van der Waals surface area (Å²) in [5.74, 6) is 0.462. The van der Waals surface area contributed by atoms with Gasteiger partial charge in [0.1, 0.15) is 5.39 Å². The van der Waals surface area contributed by atoms with Gasteiger partial charge in [-0.2, -0.15) is 10.1 Å². The number of nitrogens with zero attached hydrogens (tertiary/aromatic N) is 3. The van der Waals surface area contributed by atoms with Gasteiger partial charge in [0.25, 0.3) is 5.56 Å². The van der Waals surface area contributed by atoms with Crippen LogP contribution in [0.25, 0.3) is 11.0 Å². The summed E-state index contributed by atoms with van der Waals surface area (Å²) in [5, 5.41) is 10.1. The highest BCUT2D eigenvalue weighted by atomic mass is 32.1. The molecule has 3 rings (SSSR count). The maximum absolute atomic E-state index is 12.2. The van der Waals surface area contributed by atoms with E-state index in [1.807, 2.05) is 39.1 Å². The number of nitrogens with one attached hydrogen (secondary N) is 2. The molecular weight excluding hydrogens is 298 g/mol. The predicted octanol–water partition coefficient (Wildman–Crippen LogP) is 3.11. The van der Waals surface area contributed by atoms with Crippen LogP contribution >= 0.6 is 11.3 Å². The van der Waals surface area contributed by atoms with Gasteiger partial charge in [-0.15, -0.1) is 11.3 Å². The molecule has 0 fully saturated rings. The molecule has 0 amide bonds. The zero-order valence-corrected chi connectivity index (χ0v) is 13.9. The SMILES string of the molecule is CC(Nc1nc2c(cnn2C(C)(C)C)c(=O)[nH]1)c1cccs1. The average molecular weight is 317 g/mol. The van der Waals surface area contributed by atoms with Gasteiger partial charge in [0.05, 0.1) is 17.8 Å². The van der Waals surface area contributed by atoms with Gasteiger partial charge in [0.15, 0.2) is 5.65 Å². The maximum atomic E-state index is 12.2. The van der Waals surface area contributed by atoms with E-state index >= 15 is 0 Å². The summed E-state index contributed by atoms with van der Waals surface area (Å²) in [6.45, 7) is 8.13. The second-order valence-electron chi connectivity index (χ2n) is 6.26. The van der Waals surface area contributed by atoms with Crippen molar-refractivity contribution in [3.63, 3.8) is 0 Å². The van der Waals surface area contributed by atoms with Crippen molar-refractivity contribution < 1.29 is 0 Å². The number of fused-ring (bicyclic) bond motifs is 1. The van der Waals surface area contributed by atoms with E-state index in [-0.39, 0.29) is 17.1 Å². The molecule has 2 N–H and O–H groups in total. The third-order valence-electron chi connectivity index (χ3n) is 3.40. The molecule has 0 saturated carbocycles. The van der Waals surface area contributed by atoms with E-state index in [2.05, 4.69) is 26.4 Å². The summed E-state index contributed by atoms with van der Waals surface area (Å²) in [6.07, 6.45) is 1.57. The summed E-state index contributed by atoms with van der Waals surface area (Å²) >= 11 is 1.67. The molecule has 0 aromatic carbocycles. The number of thiophene rings is 1. The molecule has 116 valence electrons. The highest BCUT2D eigenvalue weighted by Gasteiger charge is 2.20. The number of H-pyrrole nitrogens is 1. The molecule has 1 atom stereocenters. The molecule has 0 aliphatic heterocycles. The summed E-state index contributed by atoms with van der Waals surface area (Å²) in [4.78, 5) is 20.7. The van der Waals surface area contributed by atoms with Gasteiger partial charge >= 0.3 is 0 Å². The lowest BCUT2D eigenvalue weighted by Gasteiger charge is -2.20. The Morgan fingerprint density at radius 1 is 1.41 bits per heavy atom. The van der Waals surface area contributed by atoms with E-state index in [0.29, 0.717) is 17.0 Å². The Labute approximate surface area is 132 Å². The predicted molar refractivity (Wildman–Crippen MR) is 89.5 cm³/mol. The van der Waals surface area contributed by atoms with Crippen molar-refractivity contribution in [2.24, 2.45) is 0 Å². The molecule has 3 aromatic rings. The lowest BCUT2D eigenvalue weighted by Crippen LogP contribution is -2.24. The molecular formula is C15H19N5OS. The summed E-state index contributed by atoms with van der Waals surface area (Å²) in [5.41, 5.74) is 0.178. The number of aromatic nitrogens is 4. The molecule has 0 saturated heterocycles. The van der Waals surface area contributed by atoms with Crippen molar-refractivity contribution >= 4 is 28.3 Å². The summed E-state index contributed by atoms with van der Waals surface area (Å²) in [7, 11) is 0. The minimum Gasteiger partial charge on any atom is -0.348 e. The molecule has 0 spiro atoms. The second kappa shape index (κ2) is 5.24. The lowest BCUT2D eigenvalue weighted by molar-refractivity contribution is 0.366. The largest absolute Gasteiger partial charge is 0.348 e. The smallest absolute Gasteiger partial charge is 0.263 e. The Kier molecular flexibility index (Phi) is 3.52. The highest BCUT2D eigenvalue weighted by molar-refractivity contribution is 7.10. The zero-order valence-electron chi connectivity index (χ0n) is 13.0. The van der Waals surface area contributed by atoms with E-state index in [0.717, 1.165) is 0 Å². The first-order valence-corrected chi connectivity index (χ1v) is 8.02. The maximum Gasteiger partial charge on any atom is 0.263 e. The third kappa shape index (κ3) is 2.64. The van der Waals surface area contributed by atoms with E-state index in [1.54, 1.807) is 22.2 Å². The first-order valence-electron chi connectivity index (χ1n) is 7.15. The number of anilines is 1. The molecule has 0 bridgehead atoms. The fourth-order valence-corrected chi connectivity index (χ4v) is 3.03. The van der Waals surface area contributed by atoms with Gasteiger partial charge < -0.3 is 5.32 Å². The fraction of sp³-hybridized carbons (Fsp3) is 0.400. The van der Waals surface area contributed by atoms with Gasteiger partial charge in [-0.25, -0.2) is 4.68 Å². The van der Waals surface area contributed by atoms with Crippen LogP contribution in [-0.2, 0) is 5.54 Å². The normalized spacial score (nSPS) is 13.5. The Bertz CT molecular complexity index is 841. The Morgan fingerprint density at radius 3 is 2.82 bits per heavy atom. The molecule has 22 heavy (non-hydrogen) atoms. The first kappa shape index (κ1) is 14.8. The minimum absolute atomic E-state index is 0.0756. The van der Waals surface area contributed by atoms with Crippen LogP contribution in [0.3, 0.4) is 0 Å². The molecule has 6 nitrogen and oxygen atoms in total. The minimum atomic E-state index is -0.237. The van der Waals surface area contributed by atoms with Crippen LogP contribution in [0.4, 0.5) is 5.95 Å². The van der Waals surface area contributed by atoms with Crippen LogP contribution in [0.5, 0.6) is 0 Å². The van der Waals surface area contributed by atoms with Crippen molar-refractivity contribution in [3.8, 4) is 0 Å². The van der Waals surface area contributed by atoms with Crippen molar-refractivity contribution in [2.45, 2.75) is 39.3 Å². The highest BCUT2D eigenvalue weighted by Crippen LogP contribution is 2.23. The monoisotopic (exact) mass is 317 g/mol. The van der Waals surface area contributed by atoms with Crippen LogP contribution in [0, 0.1) is 0 Å². The van der Waals surface area contributed by atoms with E-state index in [9.17, 15) is 4.79 Å². The fourth-order valence-electron chi connectivity index (χ4n) is 2.29. The number of rotatable bonds is 3. The summed E-state index contributed by atoms with van der Waals surface area (Å²) < 4.78 is 1.78. The summed E-state index contributed by atoms with van der Waals surface area (Å²) in [6, 6.07) is 4.14. The zero-order chi connectivity index (χ0) is 15.9. The molecule has 0 radical (unpaired) electrons. The molecule has 3 aromatic heterocycles. The van der Waals surface area contributed by atoms with Gasteiger partial charge in [0.2, 0.25) is 5.95 Å². The standard InChI is InChI=1S/C15H19N5OS/c1-9(11-6-5-7-22-11)17-14-18-12-10(13(21)19-14)8-16-20(12)15(2,3)4/h5-9H,1-4H3,(H2,17,18,19,21). The Morgan fingerprint density at radius 2 is 2.18 bits per heavy atom. The number of aromatic amines is 1. The molecule has 3 heterocycles. The lowest BCUT2D eigenvalue weighted by atomic mass is 10.1. The molecule has 1 unspecified atom stereocenters. The number of hydrogen-bond acceptors (Lipinski definition) is 5. The van der Waals surface area contributed by atoms with Crippen molar-refractivity contribution in [2.75, 3.05) is 5.32 Å². The Balaban J connectivity index is 2.02. The van der Waals surface area contributed by atoms with Crippen LogP contribution in [0.2, 0.25) is 0 Å². The number of hydrogen-bond donors (Lipinski definition) is 2. The van der Waals surface area contributed by atoms with Crippen LogP contribution < -0.4 is 10.9 Å². The van der Waals surface area contributed by atoms with Gasteiger partial charge in [0, 0.05) is 4.88 Å². The molecule has 0 aliphatic rings. The van der Waals surface area contributed by atoms with E-state index < -0.39 is 0 Å². The van der Waals surface area contributed by atoms with Gasteiger partial charge in [-0.3, -0.25) is 9.78 Å². The Hall–Kier alpha value is -2.15. The van der Waals surface area contributed by atoms with Gasteiger partial charge in [-0.05, 0) is 39.1 Å². The van der Waals surface area contributed by atoms with Crippen LogP contribution in [0.15, 0.2) is 28.5 Å². The third-order valence-corrected chi connectivity index (χ3v) is 4.45. The van der Waals surface area contributed by atoms with Crippen LogP contribution in [0.1, 0.15) is 38.6 Å². The van der Waals surface area contributed by atoms with Crippen molar-refractivity contribution in [1.29, 1.82) is 0 Å². The second-order valence-corrected chi connectivity index (χ2v) is 7.24. The quantitative estimate of drug-likeness (QED) is 0.778. The first-order chi connectivity index (χ1) is 10.4. The van der Waals surface area contributed by atoms with Crippen molar-refractivity contribution in [3.05, 3.63) is 38.9 Å². The van der Waals surface area contributed by atoms with E-state index in [4.69, 9.17) is 0 Å². The molecule has 0 aliphatic carbocycles. The van der Waals surface area contributed by atoms with Crippen LogP contribution in [-0.4, -0.2) is 19.7 Å². The van der Waals surface area contributed by atoms with Crippen molar-refractivity contribution in [1.82, 2.24) is 19.7 Å².